The van der Waals surface area contributed by atoms with Gasteiger partial charge in [0.25, 0.3) is 0 Å². The number of amides is 2. The summed E-state index contributed by atoms with van der Waals surface area (Å²) in [5.74, 6) is 0.757. The Labute approximate surface area is 88.9 Å². The number of anilines is 1. The first-order valence-corrected chi connectivity index (χ1v) is 4.56. The molecule has 0 radical (unpaired) electrons. The molecule has 1 aromatic carbocycles. The third kappa shape index (κ3) is 3.72. The molecule has 0 aliphatic carbocycles. The van der Waals surface area contributed by atoms with Crippen LogP contribution < -0.4 is 15.4 Å². The molecule has 1 aromatic rings. The summed E-state index contributed by atoms with van der Waals surface area (Å²) in [4.78, 5) is 11.2. The Morgan fingerprint density at radius 2 is 2.13 bits per heavy atom. The fourth-order valence-corrected chi connectivity index (χ4v) is 1.01. The van der Waals surface area contributed by atoms with Crippen molar-refractivity contribution in [1.29, 1.82) is 0 Å². The largest absolute Gasteiger partial charge is 0.497 e. The van der Waals surface area contributed by atoms with Gasteiger partial charge in [0, 0.05) is 12.2 Å². The topological polar surface area (TPSA) is 50.4 Å². The molecule has 1 rings (SSSR count). The lowest BCUT2D eigenvalue weighted by Gasteiger charge is -2.06. The summed E-state index contributed by atoms with van der Waals surface area (Å²) in [7, 11) is 1.60. The minimum Gasteiger partial charge on any atom is -0.497 e. The molecule has 15 heavy (non-hydrogen) atoms. The lowest BCUT2D eigenvalue weighted by molar-refractivity contribution is 0.253. The summed E-state index contributed by atoms with van der Waals surface area (Å²) >= 11 is 0. The van der Waals surface area contributed by atoms with Gasteiger partial charge in [-0.3, -0.25) is 0 Å². The zero-order chi connectivity index (χ0) is 11.1. The molecule has 2 amide bonds. The van der Waals surface area contributed by atoms with Crippen LogP contribution in [-0.2, 0) is 0 Å². The van der Waals surface area contributed by atoms with Gasteiger partial charge in [0.15, 0.2) is 0 Å². The molecule has 80 valence electrons. The van der Waals surface area contributed by atoms with Crippen molar-refractivity contribution in [3.8, 4) is 5.75 Å². The van der Waals surface area contributed by atoms with E-state index < -0.39 is 0 Å². The highest BCUT2D eigenvalue weighted by molar-refractivity contribution is 5.89. The maximum atomic E-state index is 11.2. The summed E-state index contributed by atoms with van der Waals surface area (Å²) in [6, 6.07) is 6.85. The second kappa shape index (κ2) is 5.70. The fourth-order valence-electron chi connectivity index (χ4n) is 1.01. The third-order valence-electron chi connectivity index (χ3n) is 1.75. The summed E-state index contributed by atoms with van der Waals surface area (Å²) in [6.45, 7) is 3.95. The average molecular weight is 206 g/mol. The fraction of sp³-hybridized carbons (Fsp3) is 0.182. The highest BCUT2D eigenvalue weighted by Crippen LogP contribution is 2.14. The van der Waals surface area contributed by atoms with Crippen molar-refractivity contribution in [2.75, 3.05) is 19.0 Å². The zero-order valence-corrected chi connectivity index (χ0v) is 8.62. The normalized spacial score (nSPS) is 9.13. The lowest BCUT2D eigenvalue weighted by atomic mass is 10.3. The minimum atomic E-state index is -0.250. The molecule has 0 bridgehead atoms. The van der Waals surface area contributed by atoms with Gasteiger partial charge >= 0.3 is 6.03 Å². The second-order valence-electron chi connectivity index (χ2n) is 2.85. The van der Waals surface area contributed by atoms with E-state index in [2.05, 4.69) is 17.2 Å². The number of carbonyl (C=O) groups is 1. The number of benzene rings is 1. The lowest BCUT2D eigenvalue weighted by Crippen LogP contribution is -2.28. The molecule has 2 N–H and O–H groups in total. The van der Waals surface area contributed by atoms with E-state index in [0.717, 1.165) is 11.4 Å². The minimum absolute atomic E-state index is 0.250. The molecule has 0 aliphatic rings. The number of carbonyl (C=O) groups excluding carboxylic acids is 1. The number of hydrogen-bond acceptors (Lipinski definition) is 2. The Balaban J connectivity index is 2.49. The number of hydrogen-bond donors (Lipinski definition) is 2. The number of ether oxygens (including phenoxy) is 1. The highest BCUT2D eigenvalue weighted by Gasteiger charge is 1.99. The van der Waals surface area contributed by atoms with Crippen LogP contribution in [0.4, 0.5) is 10.5 Å². The Bertz CT molecular complexity index is 333. The number of rotatable bonds is 4. The molecule has 4 nitrogen and oxygen atoms in total. The van der Waals surface area contributed by atoms with Gasteiger partial charge in [-0.1, -0.05) is 6.08 Å². The van der Waals surface area contributed by atoms with Crippen molar-refractivity contribution < 1.29 is 9.53 Å². The Morgan fingerprint density at radius 3 is 2.67 bits per heavy atom. The molecule has 0 aliphatic heterocycles. The van der Waals surface area contributed by atoms with Crippen molar-refractivity contribution >= 4 is 11.7 Å². The molecule has 4 heteroatoms. The average Bonchev–Trinajstić information content (AvgIpc) is 2.27. The first-order valence-electron chi connectivity index (χ1n) is 4.56. The summed E-state index contributed by atoms with van der Waals surface area (Å²) in [6.07, 6.45) is 1.62. The van der Waals surface area contributed by atoms with Crippen LogP contribution in [0.1, 0.15) is 0 Å². The van der Waals surface area contributed by atoms with Crippen molar-refractivity contribution in [2.24, 2.45) is 0 Å². The molecular formula is C11H14N2O2. The molecule has 0 atom stereocenters. The number of nitrogens with one attached hydrogen (secondary N) is 2. The van der Waals surface area contributed by atoms with Crippen LogP contribution in [0.3, 0.4) is 0 Å². The van der Waals surface area contributed by atoms with Crippen molar-refractivity contribution in [2.45, 2.75) is 0 Å². The van der Waals surface area contributed by atoms with Crippen LogP contribution in [-0.4, -0.2) is 19.7 Å². The van der Waals surface area contributed by atoms with E-state index in [4.69, 9.17) is 4.74 Å². The molecule has 0 heterocycles. The van der Waals surface area contributed by atoms with Crippen LogP contribution in [0.25, 0.3) is 0 Å². The summed E-state index contributed by atoms with van der Waals surface area (Å²) in [5, 5.41) is 5.28. The number of methoxy groups -OCH3 is 1. The van der Waals surface area contributed by atoms with Crippen LogP contribution in [0, 0.1) is 0 Å². The van der Waals surface area contributed by atoms with E-state index in [-0.39, 0.29) is 6.03 Å². The molecule has 0 unspecified atom stereocenters. The van der Waals surface area contributed by atoms with Gasteiger partial charge < -0.3 is 15.4 Å². The molecular weight excluding hydrogens is 192 g/mol. The number of urea groups is 1. The van der Waals surface area contributed by atoms with Gasteiger partial charge in [0.1, 0.15) is 5.75 Å². The maximum absolute atomic E-state index is 11.2. The van der Waals surface area contributed by atoms with Gasteiger partial charge in [-0.15, -0.1) is 6.58 Å². The van der Waals surface area contributed by atoms with Crippen molar-refractivity contribution in [3.63, 3.8) is 0 Å². The van der Waals surface area contributed by atoms with E-state index in [0.29, 0.717) is 6.54 Å². The Kier molecular flexibility index (Phi) is 4.22. The van der Waals surface area contributed by atoms with Gasteiger partial charge in [0.05, 0.1) is 7.11 Å². The monoisotopic (exact) mass is 206 g/mol. The predicted octanol–water partition coefficient (Wildman–Crippen LogP) is 2.00. The van der Waals surface area contributed by atoms with Crippen LogP contribution in [0.15, 0.2) is 36.9 Å². The van der Waals surface area contributed by atoms with Crippen molar-refractivity contribution in [3.05, 3.63) is 36.9 Å². The smallest absolute Gasteiger partial charge is 0.319 e. The SMILES string of the molecule is C=CCNC(=O)Nc1ccc(OC)cc1. The van der Waals surface area contributed by atoms with E-state index in [9.17, 15) is 4.79 Å². The van der Waals surface area contributed by atoms with E-state index in [1.807, 2.05) is 0 Å². The van der Waals surface area contributed by atoms with Gasteiger partial charge in [-0.05, 0) is 24.3 Å². The summed E-state index contributed by atoms with van der Waals surface area (Å²) in [5.41, 5.74) is 0.720. The Hall–Kier alpha value is -1.97. The Morgan fingerprint density at radius 1 is 1.47 bits per heavy atom. The van der Waals surface area contributed by atoms with Gasteiger partial charge in [-0.25, -0.2) is 4.79 Å². The molecule has 0 saturated heterocycles. The molecule has 0 saturated carbocycles. The standard InChI is InChI=1S/C11H14N2O2/c1-3-8-12-11(14)13-9-4-6-10(15-2)7-5-9/h3-7H,1,8H2,2H3,(H2,12,13,14). The van der Waals surface area contributed by atoms with E-state index >= 15 is 0 Å². The van der Waals surface area contributed by atoms with Crippen LogP contribution in [0.5, 0.6) is 5.75 Å². The first kappa shape index (κ1) is 11.1. The third-order valence-corrected chi connectivity index (χ3v) is 1.75. The zero-order valence-electron chi connectivity index (χ0n) is 8.62. The van der Waals surface area contributed by atoms with Gasteiger partial charge in [0.2, 0.25) is 0 Å². The van der Waals surface area contributed by atoms with Crippen molar-refractivity contribution in [1.82, 2.24) is 5.32 Å². The summed E-state index contributed by atoms with van der Waals surface area (Å²) < 4.78 is 5.00. The predicted molar refractivity (Wildman–Crippen MR) is 60.2 cm³/mol. The van der Waals surface area contributed by atoms with Gasteiger partial charge in [-0.2, -0.15) is 0 Å². The highest BCUT2D eigenvalue weighted by atomic mass is 16.5. The maximum Gasteiger partial charge on any atom is 0.319 e. The van der Waals surface area contributed by atoms with E-state index in [1.54, 1.807) is 37.5 Å². The quantitative estimate of drug-likeness (QED) is 0.740. The second-order valence-corrected chi connectivity index (χ2v) is 2.85. The van der Waals surface area contributed by atoms with Crippen LogP contribution >= 0.6 is 0 Å². The first-order chi connectivity index (χ1) is 7.26. The molecule has 0 aromatic heterocycles. The van der Waals surface area contributed by atoms with Crippen LogP contribution in [0.2, 0.25) is 0 Å². The molecule has 0 fully saturated rings. The molecule has 0 spiro atoms. The van der Waals surface area contributed by atoms with E-state index in [1.165, 1.54) is 0 Å².